The van der Waals surface area contributed by atoms with Crippen LogP contribution in [0.15, 0.2) is 59.7 Å². The molecule has 0 radical (unpaired) electrons. The number of fused-ring (bicyclic) bond motifs is 1. The van der Waals surface area contributed by atoms with Crippen molar-refractivity contribution in [2.45, 2.75) is 0 Å². The average Bonchev–Trinajstić information content (AvgIpc) is 2.95. The Bertz CT molecular complexity index is 816. The number of rotatable bonds is 4. The van der Waals surface area contributed by atoms with Gasteiger partial charge in [0.2, 0.25) is 0 Å². The molecule has 1 amide bonds. The van der Waals surface area contributed by atoms with Crippen LogP contribution in [-0.2, 0) is 9.53 Å². The molecule has 6 nitrogen and oxygen atoms in total. The zero-order chi connectivity index (χ0) is 17.9. The Morgan fingerprint density at radius 3 is 2.50 bits per heavy atom. The Morgan fingerprint density at radius 1 is 1.04 bits per heavy atom. The second kappa shape index (κ2) is 7.27. The number of nitrogens with zero attached hydrogens (tertiary/aromatic N) is 4. The smallest absolute Gasteiger partial charge is 0.280 e. The maximum absolute atomic E-state index is 13.1. The van der Waals surface area contributed by atoms with Gasteiger partial charge in [0.15, 0.2) is 5.71 Å². The third-order valence-corrected chi connectivity index (χ3v) is 4.72. The molecule has 2 heterocycles. The minimum absolute atomic E-state index is 0.0551. The molecule has 0 N–H and O–H groups in total. The van der Waals surface area contributed by atoms with Crippen LogP contribution in [0, 0.1) is 0 Å². The first-order chi connectivity index (χ1) is 12.7. The van der Waals surface area contributed by atoms with E-state index in [1.54, 1.807) is 5.01 Å². The molecule has 0 atom stereocenters. The first-order valence-corrected chi connectivity index (χ1v) is 8.83. The maximum atomic E-state index is 13.1. The van der Waals surface area contributed by atoms with Crippen molar-refractivity contribution in [3.63, 3.8) is 0 Å². The van der Waals surface area contributed by atoms with Crippen molar-refractivity contribution in [3.8, 4) is 0 Å². The summed E-state index contributed by atoms with van der Waals surface area (Å²) < 4.78 is 5.41. The standard InChI is InChI=1S/C20H22N4O2/c1-22(16-7-3-2-4-8-16)21-19-17-9-5-6-10-18(17)24(20(19)25)15-23-11-13-26-14-12-23/h2-10H,11-15H2,1H3. The second-order valence-corrected chi connectivity index (χ2v) is 6.43. The molecule has 0 unspecified atom stereocenters. The van der Waals surface area contributed by atoms with Gasteiger partial charge >= 0.3 is 0 Å². The van der Waals surface area contributed by atoms with Crippen LogP contribution in [0.4, 0.5) is 11.4 Å². The first-order valence-electron chi connectivity index (χ1n) is 8.83. The highest BCUT2D eigenvalue weighted by Crippen LogP contribution is 2.30. The number of benzene rings is 2. The van der Waals surface area contributed by atoms with Crippen LogP contribution in [0.2, 0.25) is 0 Å². The fourth-order valence-electron chi connectivity index (χ4n) is 3.29. The fourth-order valence-corrected chi connectivity index (χ4v) is 3.29. The topological polar surface area (TPSA) is 48.4 Å². The van der Waals surface area contributed by atoms with Gasteiger partial charge in [0, 0.05) is 25.7 Å². The summed E-state index contributed by atoms with van der Waals surface area (Å²) in [5.74, 6) is -0.0551. The number of anilines is 2. The summed E-state index contributed by atoms with van der Waals surface area (Å²) in [4.78, 5) is 17.2. The molecule has 1 fully saturated rings. The van der Waals surface area contributed by atoms with E-state index in [0.717, 1.165) is 30.0 Å². The molecule has 0 aromatic heterocycles. The number of carbonyl (C=O) groups excluding carboxylic acids is 1. The van der Waals surface area contributed by atoms with E-state index in [-0.39, 0.29) is 5.91 Å². The van der Waals surface area contributed by atoms with E-state index in [2.05, 4.69) is 10.0 Å². The molecule has 0 saturated carbocycles. The van der Waals surface area contributed by atoms with Gasteiger partial charge in [0.05, 0.1) is 31.3 Å². The van der Waals surface area contributed by atoms with Crippen molar-refractivity contribution < 1.29 is 9.53 Å². The van der Waals surface area contributed by atoms with Gasteiger partial charge in [-0.15, -0.1) is 0 Å². The minimum atomic E-state index is -0.0551. The molecule has 2 aliphatic rings. The Balaban J connectivity index is 1.63. The second-order valence-electron chi connectivity index (χ2n) is 6.43. The van der Waals surface area contributed by atoms with Crippen molar-refractivity contribution in [1.29, 1.82) is 0 Å². The van der Waals surface area contributed by atoms with Crippen LogP contribution in [-0.4, -0.2) is 56.5 Å². The lowest BCUT2D eigenvalue weighted by atomic mass is 10.1. The molecule has 0 spiro atoms. The van der Waals surface area contributed by atoms with E-state index in [0.29, 0.717) is 25.6 Å². The van der Waals surface area contributed by atoms with E-state index < -0.39 is 0 Å². The van der Waals surface area contributed by atoms with Gasteiger partial charge in [0.1, 0.15) is 0 Å². The molecule has 4 rings (SSSR count). The van der Waals surface area contributed by atoms with Crippen LogP contribution in [0.25, 0.3) is 0 Å². The lowest BCUT2D eigenvalue weighted by Crippen LogP contribution is -2.46. The zero-order valence-electron chi connectivity index (χ0n) is 14.8. The van der Waals surface area contributed by atoms with E-state index in [9.17, 15) is 4.79 Å². The van der Waals surface area contributed by atoms with Crippen molar-refractivity contribution in [2.75, 3.05) is 49.9 Å². The number of hydrogen-bond donors (Lipinski definition) is 0. The Hall–Kier alpha value is -2.70. The highest BCUT2D eigenvalue weighted by molar-refractivity contribution is 6.54. The first kappa shape index (κ1) is 16.8. The van der Waals surface area contributed by atoms with Gasteiger partial charge in [-0.05, 0) is 18.2 Å². The highest BCUT2D eigenvalue weighted by Gasteiger charge is 2.35. The van der Waals surface area contributed by atoms with Crippen molar-refractivity contribution in [3.05, 3.63) is 60.2 Å². The predicted octanol–water partition coefficient (Wildman–Crippen LogP) is 2.16. The van der Waals surface area contributed by atoms with Crippen LogP contribution < -0.4 is 9.91 Å². The summed E-state index contributed by atoms with van der Waals surface area (Å²) >= 11 is 0. The monoisotopic (exact) mass is 350 g/mol. The molecule has 26 heavy (non-hydrogen) atoms. The lowest BCUT2D eigenvalue weighted by Gasteiger charge is -2.30. The van der Waals surface area contributed by atoms with Crippen LogP contribution in [0.1, 0.15) is 5.56 Å². The number of para-hydroxylation sites is 2. The number of amides is 1. The molecule has 2 aromatic carbocycles. The molecule has 134 valence electrons. The number of morpholine rings is 1. The van der Waals surface area contributed by atoms with Crippen molar-refractivity contribution in [1.82, 2.24) is 4.90 Å². The van der Waals surface area contributed by atoms with Crippen LogP contribution >= 0.6 is 0 Å². The van der Waals surface area contributed by atoms with Gasteiger partial charge in [-0.25, -0.2) is 0 Å². The third kappa shape index (κ3) is 3.21. The van der Waals surface area contributed by atoms with E-state index in [1.165, 1.54) is 0 Å². The molecule has 6 heteroatoms. The van der Waals surface area contributed by atoms with E-state index in [1.807, 2.05) is 66.5 Å². The molecule has 2 aromatic rings. The number of carbonyl (C=O) groups is 1. The molecular weight excluding hydrogens is 328 g/mol. The van der Waals surface area contributed by atoms with Gasteiger partial charge in [-0.3, -0.25) is 19.6 Å². The van der Waals surface area contributed by atoms with Gasteiger partial charge in [0.25, 0.3) is 5.91 Å². The normalized spacial score (nSPS) is 19.0. The van der Waals surface area contributed by atoms with Crippen molar-refractivity contribution in [2.24, 2.45) is 5.10 Å². The van der Waals surface area contributed by atoms with Gasteiger partial charge < -0.3 is 4.74 Å². The van der Waals surface area contributed by atoms with Gasteiger partial charge in [-0.2, -0.15) is 5.10 Å². The number of ether oxygens (including phenoxy) is 1. The van der Waals surface area contributed by atoms with Gasteiger partial charge in [-0.1, -0.05) is 36.4 Å². The molecule has 0 bridgehead atoms. The summed E-state index contributed by atoms with van der Waals surface area (Å²) in [6.07, 6.45) is 0. The minimum Gasteiger partial charge on any atom is -0.379 e. The maximum Gasteiger partial charge on any atom is 0.280 e. The summed E-state index contributed by atoms with van der Waals surface area (Å²) in [5, 5.41) is 6.38. The number of hydrazone groups is 1. The quantitative estimate of drug-likeness (QED) is 0.793. The van der Waals surface area contributed by atoms with E-state index in [4.69, 9.17) is 4.74 Å². The van der Waals surface area contributed by atoms with E-state index >= 15 is 0 Å². The SMILES string of the molecule is CN(N=C1C(=O)N(CN2CCOCC2)c2ccccc21)c1ccccc1. The van der Waals surface area contributed by atoms with Crippen molar-refractivity contribution >= 4 is 23.0 Å². The summed E-state index contributed by atoms with van der Waals surface area (Å²) in [7, 11) is 1.86. The summed E-state index contributed by atoms with van der Waals surface area (Å²) in [6.45, 7) is 3.65. The molecule has 0 aliphatic carbocycles. The lowest BCUT2D eigenvalue weighted by molar-refractivity contribution is -0.112. The van der Waals surface area contributed by atoms with Crippen LogP contribution in [0.5, 0.6) is 0 Å². The summed E-state index contributed by atoms with van der Waals surface area (Å²) in [5.41, 5.74) is 3.23. The molecule has 1 saturated heterocycles. The summed E-state index contributed by atoms with van der Waals surface area (Å²) in [6, 6.07) is 17.7. The third-order valence-electron chi connectivity index (χ3n) is 4.72. The molecule has 2 aliphatic heterocycles. The Kier molecular flexibility index (Phi) is 4.69. The van der Waals surface area contributed by atoms with Crippen LogP contribution in [0.3, 0.4) is 0 Å². The number of hydrogen-bond acceptors (Lipinski definition) is 5. The average molecular weight is 350 g/mol. The highest BCUT2D eigenvalue weighted by atomic mass is 16.5. The Labute approximate surface area is 153 Å². The largest absolute Gasteiger partial charge is 0.379 e. The Morgan fingerprint density at radius 2 is 1.73 bits per heavy atom. The fraction of sp³-hybridized carbons (Fsp3) is 0.300. The molecular formula is C20H22N4O2. The zero-order valence-corrected chi connectivity index (χ0v) is 14.8. The predicted molar refractivity (Wildman–Crippen MR) is 103 cm³/mol.